The smallest absolute Gasteiger partial charge is 0.384 e. The molecule has 0 saturated carbocycles. The zero-order valence-electron chi connectivity index (χ0n) is 13.5. The standard InChI is InChI=1S/C18H19NO4/c1-4-22-16(20)10-9-12(2)14-7-5-6-8-15(14)17(21)18-13(3)19-11-23-18/h7-8,11-12H,4-6H2,1-3H3. The summed E-state index contributed by atoms with van der Waals surface area (Å²) in [5.74, 6) is 4.55. The molecule has 1 aliphatic rings. The average molecular weight is 313 g/mol. The van der Waals surface area contributed by atoms with Crippen LogP contribution in [0.2, 0.25) is 0 Å². The molecule has 1 aliphatic carbocycles. The third-order valence-corrected chi connectivity index (χ3v) is 3.52. The number of esters is 1. The minimum atomic E-state index is -0.557. The number of carbonyl (C=O) groups is 2. The number of carbonyl (C=O) groups excluding carboxylic acids is 2. The minimum Gasteiger partial charge on any atom is -0.456 e. The fraction of sp³-hybridized carbons (Fsp3) is 0.389. The van der Waals surface area contributed by atoms with Gasteiger partial charge in [-0.2, -0.15) is 0 Å². The molecule has 2 rings (SSSR count). The molecule has 1 heterocycles. The molecule has 5 heteroatoms. The summed E-state index contributed by atoms with van der Waals surface area (Å²) in [6, 6.07) is 0. The Morgan fingerprint density at radius 2 is 2.13 bits per heavy atom. The van der Waals surface area contributed by atoms with E-state index in [4.69, 9.17) is 9.15 Å². The molecule has 0 N–H and O–H groups in total. The van der Waals surface area contributed by atoms with Crippen LogP contribution in [0.5, 0.6) is 0 Å². The lowest BCUT2D eigenvalue weighted by Gasteiger charge is -2.17. The van der Waals surface area contributed by atoms with Crippen molar-refractivity contribution in [1.29, 1.82) is 0 Å². The molecule has 1 unspecified atom stereocenters. The van der Waals surface area contributed by atoms with Crippen LogP contribution in [-0.4, -0.2) is 23.3 Å². The normalized spacial score (nSPS) is 14.9. The molecule has 0 amide bonds. The number of ketones is 1. The van der Waals surface area contributed by atoms with Gasteiger partial charge < -0.3 is 9.15 Å². The first-order valence-corrected chi connectivity index (χ1v) is 7.58. The van der Waals surface area contributed by atoms with E-state index in [1.165, 1.54) is 6.39 Å². The first-order valence-electron chi connectivity index (χ1n) is 7.58. The summed E-state index contributed by atoms with van der Waals surface area (Å²) in [7, 11) is 0. The molecule has 0 bridgehead atoms. The highest BCUT2D eigenvalue weighted by Gasteiger charge is 2.25. The summed E-state index contributed by atoms with van der Waals surface area (Å²) < 4.78 is 9.99. The van der Waals surface area contributed by atoms with Crippen molar-refractivity contribution < 1.29 is 18.7 Å². The third kappa shape index (κ3) is 3.98. The summed E-state index contributed by atoms with van der Waals surface area (Å²) in [4.78, 5) is 28.0. The molecule has 120 valence electrons. The first kappa shape index (κ1) is 16.8. The number of hydrogen-bond donors (Lipinski definition) is 0. The lowest BCUT2D eigenvalue weighted by molar-refractivity contribution is -0.136. The van der Waals surface area contributed by atoms with Gasteiger partial charge in [0.15, 0.2) is 12.2 Å². The maximum Gasteiger partial charge on any atom is 0.384 e. The highest BCUT2D eigenvalue weighted by Crippen LogP contribution is 2.28. The van der Waals surface area contributed by atoms with Crippen LogP contribution in [0.3, 0.4) is 0 Å². The molecule has 0 spiro atoms. The average Bonchev–Trinajstić information content (AvgIpc) is 2.98. The highest BCUT2D eigenvalue weighted by molar-refractivity contribution is 6.10. The van der Waals surface area contributed by atoms with Gasteiger partial charge in [0.05, 0.1) is 12.3 Å². The number of ether oxygens (including phenoxy) is 1. The Balaban J connectivity index is 2.22. The second-order valence-electron chi connectivity index (χ2n) is 5.16. The van der Waals surface area contributed by atoms with Gasteiger partial charge in [-0.1, -0.05) is 18.1 Å². The number of nitrogens with zero attached hydrogens (tertiary/aromatic N) is 1. The number of hydrogen-bond acceptors (Lipinski definition) is 5. The van der Waals surface area contributed by atoms with Gasteiger partial charge in [0.25, 0.3) is 0 Å². The minimum absolute atomic E-state index is 0.198. The summed E-state index contributed by atoms with van der Waals surface area (Å²) in [5, 5.41) is 0. The predicted molar refractivity (Wildman–Crippen MR) is 84.5 cm³/mol. The number of allylic oxidation sites excluding steroid dienone is 4. The van der Waals surface area contributed by atoms with E-state index in [-0.39, 0.29) is 17.5 Å². The molecule has 5 nitrogen and oxygen atoms in total. The lowest BCUT2D eigenvalue weighted by Crippen LogP contribution is -2.13. The number of aromatic nitrogens is 1. The lowest BCUT2D eigenvalue weighted by atomic mass is 9.86. The van der Waals surface area contributed by atoms with E-state index >= 15 is 0 Å². The second-order valence-corrected chi connectivity index (χ2v) is 5.16. The molecule has 1 aromatic rings. The molecule has 0 fully saturated rings. The molecule has 1 aromatic heterocycles. The van der Waals surface area contributed by atoms with Crippen molar-refractivity contribution in [2.75, 3.05) is 6.61 Å². The van der Waals surface area contributed by atoms with Gasteiger partial charge in [0.1, 0.15) is 0 Å². The van der Waals surface area contributed by atoms with E-state index in [0.29, 0.717) is 17.9 Å². The molecule has 1 atom stereocenters. The molecule has 0 saturated heterocycles. The van der Waals surface area contributed by atoms with Crippen molar-refractivity contribution in [3.63, 3.8) is 0 Å². The topological polar surface area (TPSA) is 69.4 Å². The number of rotatable bonds is 4. The summed E-state index contributed by atoms with van der Waals surface area (Å²) in [6.45, 7) is 5.61. The van der Waals surface area contributed by atoms with Gasteiger partial charge in [-0.3, -0.25) is 4.79 Å². The van der Waals surface area contributed by atoms with Gasteiger partial charge in [-0.05, 0) is 39.2 Å². The van der Waals surface area contributed by atoms with Crippen LogP contribution in [0, 0.1) is 24.7 Å². The van der Waals surface area contributed by atoms with Gasteiger partial charge in [-0.15, -0.1) is 0 Å². The number of oxazole rings is 1. The van der Waals surface area contributed by atoms with Crippen molar-refractivity contribution in [3.8, 4) is 11.8 Å². The van der Waals surface area contributed by atoms with Gasteiger partial charge in [0.2, 0.25) is 5.78 Å². The van der Waals surface area contributed by atoms with E-state index in [9.17, 15) is 9.59 Å². The largest absolute Gasteiger partial charge is 0.456 e. The van der Waals surface area contributed by atoms with Crippen molar-refractivity contribution in [2.24, 2.45) is 5.92 Å². The maximum absolute atomic E-state index is 12.7. The number of aryl methyl sites for hydroxylation is 1. The van der Waals surface area contributed by atoms with Gasteiger partial charge in [-0.25, -0.2) is 9.78 Å². The Morgan fingerprint density at radius 1 is 1.39 bits per heavy atom. The SMILES string of the molecule is CCOC(=O)C#CC(C)C1=CCCC=C1C(=O)c1ocnc1C. The molecule has 0 radical (unpaired) electrons. The van der Waals surface area contributed by atoms with Gasteiger partial charge in [0, 0.05) is 17.4 Å². The van der Waals surface area contributed by atoms with Gasteiger partial charge >= 0.3 is 5.97 Å². The second kappa shape index (κ2) is 7.59. The Labute approximate surface area is 135 Å². The summed E-state index contributed by atoms with van der Waals surface area (Å²) in [6.07, 6.45) is 6.77. The monoisotopic (exact) mass is 313 g/mol. The van der Waals surface area contributed by atoms with Crippen molar-refractivity contribution in [2.45, 2.75) is 33.6 Å². The van der Waals surface area contributed by atoms with Crippen molar-refractivity contribution in [1.82, 2.24) is 4.98 Å². The van der Waals surface area contributed by atoms with Crippen LogP contribution in [0.25, 0.3) is 0 Å². The Morgan fingerprint density at radius 3 is 2.78 bits per heavy atom. The van der Waals surface area contributed by atoms with Crippen LogP contribution in [-0.2, 0) is 9.53 Å². The Hall–Kier alpha value is -2.61. The first-order chi connectivity index (χ1) is 11.0. The van der Waals surface area contributed by atoms with Crippen LogP contribution in [0.4, 0.5) is 0 Å². The fourth-order valence-electron chi connectivity index (χ4n) is 2.38. The highest BCUT2D eigenvalue weighted by atomic mass is 16.5. The predicted octanol–water partition coefficient (Wildman–Crippen LogP) is 3.01. The van der Waals surface area contributed by atoms with Crippen LogP contribution >= 0.6 is 0 Å². The summed E-state index contributed by atoms with van der Waals surface area (Å²) >= 11 is 0. The van der Waals surface area contributed by atoms with Crippen molar-refractivity contribution in [3.05, 3.63) is 41.1 Å². The van der Waals surface area contributed by atoms with E-state index in [2.05, 4.69) is 16.8 Å². The number of Topliss-reactive ketones (excluding diaryl/α,β-unsaturated/α-hetero) is 1. The Bertz CT molecular complexity index is 728. The van der Waals surface area contributed by atoms with Crippen LogP contribution < -0.4 is 0 Å². The zero-order valence-corrected chi connectivity index (χ0v) is 13.5. The zero-order chi connectivity index (χ0) is 16.8. The molecule has 23 heavy (non-hydrogen) atoms. The molecule has 0 aliphatic heterocycles. The maximum atomic E-state index is 12.7. The van der Waals surface area contributed by atoms with Crippen LogP contribution in [0.1, 0.15) is 42.9 Å². The molecular weight excluding hydrogens is 294 g/mol. The van der Waals surface area contributed by atoms with E-state index in [0.717, 1.165) is 18.4 Å². The fourth-order valence-corrected chi connectivity index (χ4v) is 2.38. The molecular formula is C18H19NO4. The van der Waals surface area contributed by atoms with E-state index in [1.807, 2.05) is 19.1 Å². The van der Waals surface area contributed by atoms with Crippen molar-refractivity contribution >= 4 is 11.8 Å². The molecule has 0 aromatic carbocycles. The Kier molecular flexibility index (Phi) is 5.53. The quantitative estimate of drug-likeness (QED) is 0.370. The van der Waals surface area contributed by atoms with Crippen LogP contribution in [0.15, 0.2) is 34.1 Å². The third-order valence-electron chi connectivity index (χ3n) is 3.52. The van der Waals surface area contributed by atoms with E-state index < -0.39 is 5.97 Å². The van der Waals surface area contributed by atoms with E-state index in [1.54, 1.807) is 13.8 Å². The summed E-state index contributed by atoms with van der Waals surface area (Å²) in [5.41, 5.74) is 1.95.